The van der Waals surface area contributed by atoms with Crippen LogP contribution in [0.1, 0.15) is 51.5 Å². The van der Waals surface area contributed by atoms with Crippen LogP contribution < -0.4 is 0 Å². The highest BCUT2D eigenvalue weighted by molar-refractivity contribution is 5.78. The molecule has 1 unspecified atom stereocenters. The number of nitrogens with zero attached hydrogens (tertiary/aromatic N) is 1. The molecule has 1 aromatic carbocycles. The fraction of sp³-hybridized carbons (Fsp3) is 0.600. The Kier molecular flexibility index (Phi) is 7.76. The first-order valence-corrected chi connectivity index (χ1v) is 9.22. The summed E-state index contributed by atoms with van der Waals surface area (Å²) in [5.74, 6) is -0.244. The van der Waals surface area contributed by atoms with E-state index in [9.17, 15) is 9.59 Å². The van der Waals surface area contributed by atoms with Crippen LogP contribution in [0, 0.1) is 5.92 Å². The van der Waals surface area contributed by atoms with Crippen molar-refractivity contribution in [1.82, 2.24) is 4.90 Å². The Hall–Kier alpha value is -2.04. The van der Waals surface area contributed by atoms with E-state index in [2.05, 4.69) is 0 Å². The van der Waals surface area contributed by atoms with Gasteiger partial charge >= 0.3 is 12.1 Å². The summed E-state index contributed by atoms with van der Waals surface area (Å²) in [4.78, 5) is 26.6. The summed E-state index contributed by atoms with van der Waals surface area (Å²) >= 11 is 0. The fourth-order valence-corrected chi connectivity index (χ4v) is 2.89. The third-order valence-corrected chi connectivity index (χ3v) is 4.28. The lowest BCUT2D eigenvalue weighted by molar-refractivity contribution is -0.156. The quantitative estimate of drug-likeness (QED) is 0.725. The van der Waals surface area contributed by atoms with E-state index in [1.54, 1.807) is 4.90 Å². The lowest BCUT2D eigenvalue weighted by Gasteiger charge is -2.24. The number of carbonyl (C=O) groups excluding carboxylic acids is 2. The molecule has 1 aromatic rings. The van der Waals surface area contributed by atoms with Crippen molar-refractivity contribution in [3.8, 4) is 0 Å². The van der Waals surface area contributed by atoms with Gasteiger partial charge in [-0.3, -0.25) is 0 Å². The Labute approximate surface area is 150 Å². The first kappa shape index (κ1) is 19.3. The van der Waals surface area contributed by atoms with Gasteiger partial charge in [0.25, 0.3) is 0 Å². The van der Waals surface area contributed by atoms with E-state index in [1.165, 1.54) is 0 Å². The summed E-state index contributed by atoms with van der Waals surface area (Å²) in [5.41, 5.74) is 0.915. The molecule has 138 valence electrons. The Morgan fingerprint density at radius 2 is 1.68 bits per heavy atom. The summed E-state index contributed by atoms with van der Waals surface area (Å²) < 4.78 is 10.9. The number of amides is 1. The topological polar surface area (TPSA) is 55.8 Å². The van der Waals surface area contributed by atoms with E-state index in [4.69, 9.17) is 9.47 Å². The highest BCUT2D eigenvalue weighted by Gasteiger charge is 2.28. The Bertz CT molecular complexity index is 536. The van der Waals surface area contributed by atoms with E-state index in [1.807, 2.05) is 44.2 Å². The number of benzene rings is 1. The minimum Gasteiger partial charge on any atom is -0.458 e. The maximum absolute atomic E-state index is 12.4. The van der Waals surface area contributed by atoms with Crippen LogP contribution in [-0.4, -0.2) is 36.2 Å². The molecule has 2 rings (SSSR count). The molecular weight excluding hydrogens is 318 g/mol. The number of hydrogen-bond acceptors (Lipinski definition) is 4. The van der Waals surface area contributed by atoms with Gasteiger partial charge in [0.2, 0.25) is 6.10 Å². The van der Waals surface area contributed by atoms with Gasteiger partial charge in [0.15, 0.2) is 0 Å². The van der Waals surface area contributed by atoms with Crippen LogP contribution in [0.5, 0.6) is 0 Å². The van der Waals surface area contributed by atoms with Gasteiger partial charge in [-0.05, 0) is 30.7 Å². The van der Waals surface area contributed by atoms with Gasteiger partial charge in [0, 0.05) is 13.1 Å². The molecular formula is C20H29NO4. The Morgan fingerprint density at radius 3 is 2.28 bits per heavy atom. The van der Waals surface area contributed by atoms with Crippen LogP contribution in [-0.2, 0) is 20.9 Å². The predicted molar refractivity (Wildman–Crippen MR) is 96.0 cm³/mol. The van der Waals surface area contributed by atoms with Crippen molar-refractivity contribution in [2.45, 2.75) is 58.7 Å². The third-order valence-electron chi connectivity index (χ3n) is 4.28. The van der Waals surface area contributed by atoms with Crippen LogP contribution in [0.4, 0.5) is 4.79 Å². The van der Waals surface area contributed by atoms with Crippen molar-refractivity contribution < 1.29 is 19.1 Å². The molecule has 0 aliphatic carbocycles. The highest BCUT2D eigenvalue weighted by atomic mass is 16.6. The molecule has 1 aliphatic heterocycles. The lowest BCUT2D eigenvalue weighted by Crippen LogP contribution is -2.38. The summed E-state index contributed by atoms with van der Waals surface area (Å²) in [7, 11) is 0. The zero-order valence-corrected chi connectivity index (χ0v) is 15.3. The maximum atomic E-state index is 12.4. The average Bonchev–Trinajstić information content (AvgIpc) is 2.89. The first-order chi connectivity index (χ1) is 12.1. The molecule has 5 heteroatoms. The maximum Gasteiger partial charge on any atom is 0.410 e. The molecule has 5 nitrogen and oxygen atoms in total. The molecule has 0 radical (unpaired) electrons. The van der Waals surface area contributed by atoms with Gasteiger partial charge < -0.3 is 14.4 Å². The van der Waals surface area contributed by atoms with Crippen molar-refractivity contribution in [1.29, 1.82) is 0 Å². The van der Waals surface area contributed by atoms with E-state index < -0.39 is 18.2 Å². The van der Waals surface area contributed by atoms with Crippen molar-refractivity contribution in [2.75, 3.05) is 13.1 Å². The van der Waals surface area contributed by atoms with Gasteiger partial charge in [0.1, 0.15) is 6.61 Å². The second-order valence-corrected chi connectivity index (χ2v) is 7.00. The van der Waals surface area contributed by atoms with E-state index in [0.717, 1.165) is 31.2 Å². The molecule has 0 bridgehead atoms. The second-order valence-electron chi connectivity index (χ2n) is 7.00. The molecule has 1 saturated heterocycles. The first-order valence-electron chi connectivity index (χ1n) is 9.22. The molecule has 0 N–H and O–H groups in total. The number of hydrogen-bond donors (Lipinski definition) is 0. The van der Waals surface area contributed by atoms with Gasteiger partial charge in [-0.1, -0.05) is 57.0 Å². The van der Waals surface area contributed by atoms with Gasteiger partial charge in [0.05, 0.1) is 0 Å². The molecule has 1 atom stereocenters. The number of esters is 1. The van der Waals surface area contributed by atoms with Crippen molar-refractivity contribution >= 4 is 12.1 Å². The van der Waals surface area contributed by atoms with Crippen LogP contribution in [0.2, 0.25) is 0 Å². The molecule has 0 aromatic heterocycles. The van der Waals surface area contributed by atoms with E-state index >= 15 is 0 Å². The number of likely N-dealkylation sites (tertiary alicyclic amines) is 1. The van der Waals surface area contributed by atoms with Crippen LogP contribution in [0.3, 0.4) is 0 Å². The monoisotopic (exact) mass is 347 g/mol. The fourth-order valence-electron chi connectivity index (χ4n) is 2.89. The minimum atomic E-state index is -0.848. The smallest absolute Gasteiger partial charge is 0.410 e. The number of carbonyl (C=O) groups is 2. The lowest BCUT2D eigenvalue weighted by atomic mass is 10.1. The normalized spacial score (nSPS) is 16.2. The highest BCUT2D eigenvalue weighted by Crippen LogP contribution is 2.16. The summed E-state index contributed by atoms with van der Waals surface area (Å²) in [5, 5.41) is 0. The zero-order valence-electron chi connectivity index (χ0n) is 15.3. The number of ether oxygens (including phenoxy) is 2. The molecule has 0 spiro atoms. The zero-order chi connectivity index (χ0) is 18.1. The van der Waals surface area contributed by atoms with Crippen LogP contribution in [0.15, 0.2) is 30.3 Å². The molecule has 1 heterocycles. The summed E-state index contributed by atoms with van der Waals surface area (Å²) in [6.45, 7) is 5.59. The Balaban J connectivity index is 1.92. The second kappa shape index (κ2) is 10.1. The number of rotatable bonds is 6. The largest absolute Gasteiger partial charge is 0.458 e. The minimum absolute atomic E-state index is 0.190. The van der Waals surface area contributed by atoms with Crippen LogP contribution in [0.25, 0.3) is 0 Å². The van der Waals surface area contributed by atoms with Crippen molar-refractivity contribution in [3.05, 3.63) is 35.9 Å². The van der Waals surface area contributed by atoms with Crippen molar-refractivity contribution in [2.24, 2.45) is 5.92 Å². The van der Waals surface area contributed by atoms with Crippen molar-refractivity contribution in [3.63, 3.8) is 0 Å². The van der Waals surface area contributed by atoms with E-state index in [-0.39, 0.29) is 12.5 Å². The summed E-state index contributed by atoms with van der Waals surface area (Å²) in [6.07, 6.45) is 3.47. The van der Waals surface area contributed by atoms with Gasteiger partial charge in [-0.25, -0.2) is 9.59 Å². The average molecular weight is 347 g/mol. The molecule has 25 heavy (non-hydrogen) atoms. The summed E-state index contributed by atoms with van der Waals surface area (Å²) in [6, 6.07) is 9.50. The molecule has 1 amide bonds. The van der Waals surface area contributed by atoms with Gasteiger partial charge in [-0.15, -0.1) is 0 Å². The predicted octanol–water partition coefficient (Wildman–Crippen LogP) is 4.16. The Morgan fingerprint density at radius 1 is 1.04 bits per heavy atom. The standard InChI is InChI=1S/C20H29NO4/c1-16(2)14-18(19(22)24-15-17-10-6-5-7-11-17)25-20(23)21-12-8-3-4-9-13-21/h5-7,10-11,16,18H,3-4,8-9,12-15H2,1-2H3. The SMILES string of the molecule is CC(C)CC(OC(=O)N1CCCCCC1)C(=O)OCc1ccccc1. The molecule has 1 fully saturated rings. The van der Waals surface area contributed by atoms with Gasteiger partial charge in [-0.2, -0.15) is 0 Å². The molecule has 1 aliphatic rings. The van der Waals surface area contributed by atoms with E-state index in [0.29, 0.717) is 19.5 Å². The molecule has 0 saturated carbocycles. The third kappa shape index (κ3) is 6.77. The van der Waals surface area contributed by atoms with Crippen LogP contribution >= 0.6 is 0 Å².